The number of para-hydroxylation sites is 1. The number of halogens is 1. The summed E-state index contributed by atoms with van der Waals surface area (Å²) < 4.78 is 0. The van der Waals surface area contributed by atoms with Gasteiger partial charge >= 0.3 is 5.69 Å². The number of aryl methyl sites for hydroxylation is 1. The molecule has 0 spiro atoms. The molecule has 2 aromatic carbocycles. The molecule has 5 heteroatoms. The molecule has 0 unspecified atom stereocenters. The van der Waals surface area contributed by atoms with Crippen molar-refractivity contribution in [3.05, 3.63) is 68.7 Å². The van der Waals surface area contributed by atoms with E-state index in [1.807, 2.05) is 31.2 Å². The van der Waals surface area contributed by atoms with Gasteiger partial charge in [0.05, 0.1) is 4.92 Å². The number of nitrogens with zero attached hydrogens (tertiary/aromatic N) is 1. The lowest BCUT2D eigenvalue weighted by atomic mass is 10.1. The number of nitrogens with one attached hydrogen (secondary N) is 1. The number of benzene rings is 2. The SMILES string of the molecule is Cc1ccc(CNc2cccc(Cl)c2[N+](=O)[O-])cc1. The Kier molecular flexibility index (Phi) is 4.02. The molecule has 2 aromatic rings. The van der Waals surface area contributed by atoms with Gasteiger partial charge < -0.3 is 5.32 Å². The fourth-order valence-corrected chi connectivity index (χ4v) is 1.99. The first kappa shape index (κ1) is 13.4. The molecule has 0 saturated heterocycles. The molecule has 0 aromatic heterocycles. The first-order valence-electron chi connectivity index (χ1n) is 5.80. The van der Waals surface area contributed by atoms with Crippen LogP contribution in [0.3, 0.4) is 0 Å². The minimum atomic E-state index is -0.472. The van der Waals surface area contributed by atoms with Gasteiger partial charge in [-0.15, -0.1) is 0 Å². The molecule has 0 amide bonds. The molecule has 1 N–H and O–H groups in total. The van der Waals surface area contributed by atoms with E-state index >= 15 is 0 Å². The number of nitro groups is 1. The van der Waals surface area contributed by atoms with Crippen molar-refractivity contribution < 1.29 is 4.92 Å². The molecule has 0 saturated carbocycles. The summed E-state index contributed by atoms with van der Waals surface area (Å²) in [6.07, 6.45) is 0. The third kappa shape index (κ3) is 3.23. The molecule has 0 atom stereocenters. The monoisotopic (exact) mass is 276 g/mol. The zero-order valence-corrected chi connectivity index (χ0v) is 11.1. The van der Waals surface area contributed by atoms with Crippen molar-refractivity contribution in [1.82, 2.24) is 0 Å². The Hall–Kier alpha value is -2.07. The number of nitro benzene ring substituents is 1. The minimum Gasteiger partial charge on any atom is -0.375 e. The minimum absolute atomic E-state index is 0.0868. The van der Waals surface area contributed by atoms with Crippen LogP contribution in [0, 0.1) is 17.0 Å². The van der Waals surface area contributed by atoms with Gasteiger partial charge in [-0.3, -0.25) is 10.1 Å². The highest BCUT2D eigenvalue weighted by Crippen LogP contribution is 2.32. The molecular weight excluding hydrogens is 264 g/mol. The lowest BCUT2D eigenvalue weighted by Gasteiger charge is -2.08. The van der Waals surface area contributed by atoms with Crippen LogP contribution in [0.25, 0.3) is 0 Å². The third-order valence-corrected chi connectivity index (χ3v) is 3.08. The zero-order chi connectivity index (χ0) is 13.8. The topological polar surface area (TPSA) is 55.2 Å². The molecule has 4 nitrogen and oxygen atoms in total. The highest BCUT2D eigenvalue weighted by atomic mass is 35.5. The van der Waals surface area contributed by atoms with Crippen LogP contribution in [-0.2, 0) is 6.54 Å². The molecule has 0 heterocycles. The van der Waals surface area contributed by atoms with E-state index < -0.39 is 4.92 Å². The van der Waals surface area contributed by atoms with Gasteiger partial charge in [-0.25, -0.2) is 0 Å². The molecule has 0 aliphatic rings. The van der Waals surface area contributed by atoms with Crippen LogP contribution in [0.15, 0.2) is 42.5 Å². The van der Waals surface area contributed by atoms with E-state index in [9.17, 15) is 10.1 Å². The number of anilines is 1. The van der Waals surface area contributed by atoms with Crippen molar-refractivity contribution in [2.24, 2.45) is 0 Å². The molecule has 0 bridgehead atoms. The Balaban J connectivity index is 2.18. The predicted molar refractivity (Wildman–Crippen MR) is 76.6 cm³/mol. The Morgan fingerprint density at radius 1 is 1.21 bits per heavy atom. The smallest absolute Gasteiger partial charge is 0.310 e. The molecule has 19 heavy (non-hydrogen) atoms. The van der Waals surface area contributed by atoms with Gasteiger partial charge in [0, 0.05) is 6.54 Å². The molecular formula is C14H13ClN2O2. The molecule has 0 fully saturated rings. The van der Waals surface area contributed by atoms with Crippen LogP contribution < -0.4 is 5.32 Å². The van der Waals surface area contributed by atoms with Crippen molar-refractivity contribution in [1.29, 1.82) is 0 Å². The maximum atomic E-state index is 11.0. The molecule has 0 aliphatic carbocycles. The number of rotatable bonds is 4. The summed E-state index contributed by atoms with van der Waals surface area (Å²) in [5.41, 5.74) is 2.58. The molecule has 2 rings (SSSR count). The van der Waals surface area contributed by atoms with Gasteiger partial charge in [0.15, 0.2) is 0 Å². The maximum absolute atomic E-state index is 11.0. The van der Waals surface area contributed by atoms with E-state index in [1.165, 1.54) is 11.6 Å². The summed E-state index contributed by atoms with van der Waals surface area (Å²) >= 11 is 5.85. The van der Waals surface area contributed by atoms with Gasteiger partial charge in [-0.05, 0) is 24.6 Å². The lowest BCUT2D eigenvalue weighted by molar-refractivity contribution is -0.383. The number of hydrogen-bond donors (Lipinski definition) is 1. The Morgan fingerprint density at radius 3 is 2.53 bits per heavy atom. The fourth-order valence-electron chi connectivity index (χ4n) is 1.75. The van der Waals surface area contributed by atoms with Crippen LogP contribution in [0.4, 0.5) is 11.4 Å². The summed E-state index contributed by atoms with van der Waals surface area (Å²) in [5, 5.41) is 14.2. The maximum Gasteiger partial charge on any atom is 0.310 e. The fraction of sp³-hybridized carbons (Fsp3) is 0.143. The summed E-state index contributed by atoms with van der Waals surface area (Å²) in [5.74, 6) is 0. The van der Waals surface area contributed by atoms with Crippen molar-refractivity contribution >= 4 is 23.0 Å². The average Bonchev–Trinajstić information content (AvgIpc) is 2.37. The largest absolute Gasteiger partial charge is 0.375 e. The second kappa shape index (κ2) is 5.71. The molecule has 0 aliphatic heterocycles. The van der Waals surface area contributed by atoms with Gasteiger partial charge in [-0.1, -0.05) is 47.5 Å². The normalized spacial score (nSPS) is 10.2. The zero-order valence-electron chi connectivity index (χ0n) is 10.4. The second-order valence-corrected chi connectivity index (χ2v) is 4.64. The highest BCUT2D eigenvalue weighted by molar-refractivity contribution is 6.33. The van der Waals surface area contributed by atoms with Crippen molar-refractivity contribution in [2.75, 3.05) is 5.32 Å². The number of hydrogen-bond acceptors (Lipinski definition) is 3. The molecule has 98 valence electrons. The van der Waals surface area contributed by atoms with Crippen LogP contribution >= 0.6 is 11.6 Å². The van der Waals surface area contributed by atoms with Crippen LogP contribution in [-0.4, -0.2) is 4.92 Å². The van der Waals surface area contributed by atoms with E-state index in [-0.39, 0.29) is 10.7 Å². The van der Waals surface area contributed by atoms with Gasteiger partial charge in [0.25, 0.3) is 0 Å². The standard InChI is InChI=1S/C14H13ClN2O2/c1-10-5-7-11(8-6-10)9-16-13-4-2-3-12(15)14(13)17(18)19/h2-8,16H,9H2,1H3. The van der Waals surface area contributed by atoms with E-state index in [4.69, 9.17) is 11.6 Å². The van der Waals surface area contributed by atoms with E-state index in [1.54, 1.807) is 12.1 Å². The Morgan fingerprint density at radius 2 is 1.89 bits per heavy atom. The quantitative estimate of drug-likeness (QED) is 0.673. The van der Waals surface area contributed by atoms with Crippen molar-refractivity contribution in [2.45, 2.75) is 13.5 Å². The third-order valence-electron chi connectivity index (χ3n) is 2.77. The van der Waals surface area contributed by atoms with Crippen molar-refractivity contribution in [3.63, 3.8) is 0 Å². The molecule has 0 radical (unpaired) electrons. The summed E-state index contributed by atoms with van der Waals surface area (Å²) in [6, 6.07) is 12.8. The summed E-state index contributed by atoms with van der Waals surface area (Å²) in [7, 11) is 0. The van der Waals surface area contributed by atoms with Gasteiger partial charge in [-0.2, -0.15) is 0 Å². The van der Waals surface area contributed by atoms with Crippen LogP contribution in [0.2, 0.25) is 5.02 Å². The first-order chi connectivity index (χ1) is 9.08. The lowest BCUT2D eigenvalue weighted by Crippen LogP contribution is -2.03. The van der Waals surface area contributed by atoms with Gasteiger partial charge in [0.2, 0.25) is 0 Å². The highest BCUT2D eigenvalue weighted by Gasteiger charge is 2.17. The predicted octanol–water partition coefficient (Wildman–Crippen LogP) is 4.17. The second-order valence-electron chi connectivity index (χ2n) is 4.23. The Labute approximate surface area is 116 Å². The summed E-state index contributed by atoms with van der Waals surface area (Å²) in [6.45, 7) is 2.53. The van der Waals surface area contributed by atoms with Crippen molar-refractivity contribution in [3.8, 4) is 0 Å². The van der Waals surface area contributed by atoms with Gasteiger partial charge in [0.1, 0.15) is 10.7 Å². The first-order valence-corrected chi connectivity index (χ1v) is 6.18. The summed E-state index contributed by atoms with van der Waals surface area (Å²) in [4.78, 5) is 10.5. The van der Waals surface area contributed by atoms with Crippen LogP contribution in [0.5, 0.6) is 0 Å². The average molecular weight is 277 g/mol. The van der Waals surface area contributed by atoms with E-state index in [0.29, 0.717) is 12.2 Å². The van der Waals surface area contributed by atoms with E-state index in [0.717, 1.165) is 5.56 Å². The van der Waals surface area contributed by atoms with Crippen LogP contribution in [0.1, 0.15) is 11.1 Å². The Bertz CT molecular complexity index is 597. The van der Waals surface area contributed by atoms with E-state index in [2.05, 4.69) is 5.32 Å².